The molecule has 0 spiro atoms. The van der Waals surface area contributed by atoms with Crippen LogP contribution in [0.15, 0.2) is 48.5 Å². The SMILES string of the molecule is CC1(C)Cc2cccc(OCC(=O)NC(=O)Nc3ccccc3)c2O1. The Kier molecular flexibility index (Phi) is 4.61. The molecule has 3 amide bonds. The largest absolute Gasteiger partial charge is 0.483 e. The van der Waals surface area contributed by atoms with Crippen LogP contribution < -0.4 is 20.1 Å². The number of anilines is 1. The molecule has 25 heavy (non-hydrogen) atoms. The first kappa shape index (κ1) is 16.8. The average Bonchev–Trinajstić information content (AvgIpc) is 2.88. The van der Waals surface area contributed by atoms with Gasteiger partial charge in [-0.25, -0.2) is 4.79 Å². The maximum absolute atomic E-state index is 11.9. The van der Waals surface area contributed by atoms with Gasteiger partial charge in [-0.3, -0.25) is 10.1 Å². The van der Waals surface area contributed by atoms with Crippen molar-refractivity contribution in [3.63, 3.8) is 0 Å². The fourth-order valence-corrected chi connectivity index (χ4v) is 2.69. The van der Waals surface area contributed by atoms with E-state index in [1.54, 1.807) is 30.3 Å². The summed E-state index contributed by atoms with van der Waals surface area (Å²) in [4.78, 5) is 23.7. The van der Waals surface area contributed by atoms with Gasteiger partial charge in [0, 0.05) is 17.7 Å². The predicted octanol–water partition coefficient (Wildman–Crippen LogP) is 3.13. The third kappa shape index (κ3) is 4.29. The zero-order chi connectivity index (χ0) is 17.9. The number of amides is 3. The molecule has 1 heterocycles. The molecular formula is C19H20N2O4. The van der Waals surface area contributed by atoms with Crippen molar-refractivity contribution in [1.29, 1.82) is 0 Å². The van der Waals surface area contributed by atoms with Gasteiger partial charge in [-0.15, -0.1) is 0 Å². The van der Waals surface area contributed by atoms with Crippen LogP contribution in [0.5, 0.6) is 11.5 Å². The number of carbonyl (C=O) groups excluding carboxylic acids is 2. The molecule has 1 aliphatic heterocycles. The van der Waals surface area contributed by atoms with Crippen LogP contribution in [-0.2, 0) is 11.2 Å². The first-order valence-corrected chi connectivity index (χ1v) is 8.02. The second-order valence-corrected chi connectivity index (χ2v) is 6.44. The summed E-state index contributed by atoms with van der Waals surface area (Å²) in [5, 5.41) is 4.80. The summed E-state index contributed by atoms with van der Waals surface area (Å²) >= 11 is 0. The maximum atomic E-state index is 11.9. The number of hydrogen-bond acceptors (Lipinski definition) is 4. The molecule has 6 nitrogen and oxygen atoms in total. The van der Waals surface area contributed by atoms with Gasteiger partial charge in [-0.05, 0) is 32.0 Å². The van der Waals surface area contributed by atoms with Gasteiger partial charge in [0.25, 0.3) is 5.91 Å². The van der Waals surface area contributed by atoms with Crippen molar-refractivity contribution in [2.75, 3.05) is 11.9 Å². The zero-order valence-electron chi connectivity index (χ0n) is 14.2. The number of nitrogens with one attached hydrogen (secondary N) is 2. The first-order valence-electron chi connectivity index (χ1n) is 8.02. The Hall–Kier alpha value is -3.02. The molecule has 0 radical (unpaired) electrons. The minimum atomic E-state index is -0.601. The van der Waals surface area contributed by atoms with Crippen molar-refractivity contribution < 1.29 is 19.1 Å². The molecule has 1 aliphatic rings. The topological polar surface area (TPSA) is 76.7 Å². The third-order valence-electron chi connectivity index (χ3n) is 3.70. The van der Waals surface area contributed by atoms with Gasteiger partial charge in [0.1, 0.15) is 5.60 Å². The van der Waals surface area contributed by atoms with E-state index in [0.717, 1.165) is 12.0 Å². The summed E-state index contributed by atoms with van der Waals surface area (Å²) < 4.78 is 11.4. The van der Waals surface area contributed by atoms with E-state index in [9.17, 15) is 9.59 Å². The van der Waals surface area contributed by atoms with Crippen molar-refractivity contribution in [2.45, 2.75) is 25.9 Å². The Bertz CT molecular complexity index is 787. The highest BCUT2D eigenvalue weighted by atomic mass is 16.5. The molecule has 0 aromatic heterocycles. The van der Waals surface area contributed by atoms with Crippen LogP contribution in [0.2, 0.25) is 0 Å². The lowest BCUT2D eigenvalue weighted by molar-refractivity contribution is -0.121. The normalized spacial score (nSPS) is 14.2. The Morgan fingerprint density at radius 3 is 2.64 bits per heavy atom. The molecule has 0 atom stereocenters. The van der Waals surface area contributed by atoms with E-state index in [-0.39, 0.29) is 12.2 Å². The number of hydrogen-bond donors (Lipinski definition) is 2. The van der Waals surface area contributed by atoms with Gasteiger partial charge >= 0.3 is 6.03 Å². The summed E-state index contributed by atoms with van der Waals surface area (Å²) in [5.74, 6) is 0.624. The molecule has 6 heteroatoms. The van der Waals surface area contributed by atoms with Gasteiger partial charge in [0.15, 0.2) is 18.1 Å². The van der Waals surface area contributed by atoms with Crippen LogP contribution in [-0.4, -0.2) is 24.1 Å². The van der Waals surface area contributed by atoms with Crippen LogP contribution in [0.3, 0.4) is 0 Å². The molecule has 130 valence electrons. The van der Waals surface area contributed by atoms with E-state index in [4.69, 9.17) is 9.47 Å². The Morgan fingerprint density at radius 1 is 1.12 bits per heavy atom. The quantitative estimate of drug-likeness (QED) is 0.896. The van der Waals surface area contributed by atoms with E-state index in [1.807, 2.05) is 32.0 Å². The fourth-order valence-electron chi connectivity index (χ4n) is 2.69. The molecule has 2 aromatic rings. The summed E-state index contributed by atoms with van der Waals surface area (Å²) in [7, 11) is 0. The summed E-state index contributed by atoms with van der Waals surface area (Å²) in [6, 6.07) is 13.9. The van der Waals surface area contributed by atoms with E-state index in [1.165, 1.54) is 0 Å². The Labute approximate surface area is 146 Å². The minimum absolute atomic E-state index is 0.275. The van der Waals surface area contributed by atoms with Gasteiger partial charge in [0.05, 0.1) is 0 Å². The summed E-state index contributed by atoms with van der Waals surface area (Å²) in [6.07, 6.45) is 0.783. The first-order chi connectivity index (χ1) is 11.9. The van der Waals surface area contributed by atoms with Gasteiger partial charge in [0.2, 0.25) is 0 Å². The van der Waals surface area contributed by atoms with Crippen LogP contribution in [0.1, 0.15) is 19.4 Å². The van der Waals surface area contributed by atoms with Crippen LogP contribution in [0.4, 0.5) is 10.5 Å². The number of benzene rings is 2. The van der Waals surface area contributed by atoms with Crippen molar-refractivity contribution >= 4 is 17.6 Å². The molecule has 0 fully saturated rings. The number of ether oxygens (including phenoxy) is 2. The molecular weight excluding hydrogens is 320 g/mol. The zero-order valence-corrected chi connectivity index (χ0v) is 14.2. The second kappa shape index (κ2) is 6.84. The molecule has 2 aromatic carbocycles. The third-order valence-corrected chi connectivity index (χ3v) is 3.70. The highest BCUT2D eigenvalue weighted by molar-refractivity contribution is 6.01. The highest BCUT2D eigenvalue weighted by Gasteiger charge is 2.32. The highest BCUT2D eigenvalue weighted by Crippen LogP contribution is 2.41. The van der Waals surface area contributed by atoms with Crippen LogP contribution in [0.25, 0.3) is 0 Å². The number of fused-ring (bicyclic) bond motifs is 1. The molecule has 2 N–H and O–H groups in total. The smallest absolute Gasteiger partial charge is 0.325 e. The number of carbonyl (C=O) groups is 2. The Morgan fingerprint density at radius 2 is 1.88 bits per heavy atom. The van der Waals surface area contributed by atoms with Crippen molar-refractivity contribution in [3.8, 4) is 11.5 Å². The van der Waals surface area contributed by atoms with E-state index >= 15 is 0 Å². The molecule has 0 aliphatic carbocycles. The number of rotatable bonds is 4. The van der Waals surface area contributed by atoms with E-state index < -0.39 is 11.9 Å². The number of urea groups is 1. The Balaban J connectivity index is 1.54. The van der Waals surface area contributed by atoms with Gasteiger partial charge in [-0.1, -0.05) is 30.3 Å². The van der Waals surface area contributed by atoms with Crippen molar-refractivity contribution in [2.24, 2.45) is 0 Å². The molecule has 0 bridgehead atoms. The average molecular weight is 340 g/mol. The van der Waals surface area contributed by atoms with Crippen LogP contribution >= 0.6 is 0 Å². The number of imide groups is 1. The molecule has 0 saturated carbocycles. The van der Waals surface area contributed by atoms with Gasteiger partial charge in [-0.2, -0.15) is 0 Å². The lowest BCUT2D eigenvalue weighted by Crippen LogP contribution is -2.37. The van der Waals surface area contributed by atoms with Crippen molar-refractivity contribution in [1.82, 2.24) is 5.32 Å². The molecule has 0 unspecified atom stereocenters. The standard InChI is InChI=1S/C19H20N2O4/c1-19(2)11-13-7-6-10-15(17(13)25-19)24-12-16(22)21-18(23)20-14-8-4-3-5-9-14/h3-10H,11-12H2,1-2H3,(H2,20,21,22,23). The lowest BCUT2D eigenvalue weighted by atomic mass is 10.0. The summed E-state index contributed by atoms with van der Waals surface area (Å²) in [5.41, 5.74) is 1.36. The van der Waals surface area contributed by atoms with E-state index in [2.05, 4.69) is 10.6 Å². The minimum Gasteiger partial charge on any atom is -0.483 e. The predicted molar refractivity (Wildman–Crippen MR) is 94.0 cm³/mol. The number of para-hydroxylation sites is 2. The second-order valence-electron chi connectivity index (χ2n) is 6.44. The monoisotopic (exact) mass is 340 g/mol. The maximum Gasteiger partial charge on any atom is 0.325 e. The fraction of sp³-hybridized carbons (Fsp3) is 0.263. The van der Waals surface area contributed by atoms with Crippen LogP contribution in [0, 0.1) is 0 Å². The van der Waals surface area contributed by atoms with E-state index in [0.29, 0.717) is 17.2 Å². The molecule has 3 rings (SSSR count). The summed E-state index contributed by atoms with van der Waals surface area (Å²) in [6.45, 7) is 3.72. The lowest BCUT2D eigenvalue weighted by Gasteiger charge is -2.18. The van der Waals surface area contributed by atoms with Gasteiger partial charge < -0.3 is 14.8 Å². The van der Waals surface area contributed by atoms with Crippen molar-refractivity contribution in [3.05, 3.63) is 54.1 Å². The molecule has 0 saturated heterocycles.